The van der Waals surface area contributed by atoms with Gasteiger partial charge in [-0.3, -0.25) is 0 Å². The second-order valence-corrected chi connectivity index (χ2v) is 10.1. The Balaban J connectivity index is 1.76. The third kappa shape index (κ3) is 3.67. The van der Waals surface area contributed by atoms with Crippen LogP contribution in [0.4, 0.5) is 5.69 Å². The van der Waals surface area contributed by atoms with Crippen molar-refractivity contribution in [2.45, 2.75) is 28.3 Å². The normalized spacial score (nSPS) is 19.1. The molecule has 2 atom stereocenters. The van der Waals surface area contributed by atoms with Gasteiger partial charge in [0.2, 0.25) is 0 Å². The minimum absolute atomic E-state index is 0.326. The van der Waals surface area contributed by atoms with Crippen LogP contribution in [-0.4, -0.2) is 19.7 Å². The Labute approximate surface area is 168 Å². The lowest BCUT2D eigenvalue weighted by Gasteiger charge is -2.25. The Hall–Kier alpha value is -2.66. The van der Waals surface area contributed by atoms with Gasteiger partial charge in [-0.2, -0.15) is 5.26 Å². The second kappa shape index (κ2) is 7.76. The number of nitriles is 1. The minimum atomic E-state index is -3.54. The second-order valence-electron chi connectivity index (χ2n) is 6.77. The van der Waals surface area contributed by atoms with Crippen molar-refractivity contribution in [2.24, 2.45) is 0 Å². The minimum Gasteiger partial charge on any atom is -0.321 e. The Bertz CT molecular complexity index is 1100. The predicted octanol–water partition coefficient (Wildman–Crippen LogP) is 3.55. The predicted molar refractivity (Wildman–Crippen MR) is 111 cm³/mol. The molecule has 142 valence electrons. The van der Waals surface area contributed by atoms with Crippen molar-refractivity contribution in [3.63, 3.8) is 0 Å². The summed E-state index contributed by atoms with van der Waals surface area (Å²) in [6.45, 7) is 0. The molecular weight excluding hydrogens is 390 g/mol. The first-order valence-corrected chi connectivity index (χ1v) is 11.4. The molecule has 3 aromatic rings. The molecule has 7 heteroatoms. The summed E-state index contributed by atoms with van der Waals surface area (Å²) < 4.78 is 27.3. The van der Waals surface area contributed by atoms with Crippen LogP contribution in [-0.2, 0) is 22.7 Å². The fourth-order valence-corrected chi connectivity index (χ4v) is 6.61. The van der Waals surface area contributed by atoms with Crippen LogP contribution in [0.25, 0.3) is 0 Å². The van der Waals surface area contributed by atoms with Crippen LogP contribution < -0.4 is 10.9 Å². The first kappa shape index (κ1) is 18.7. The number of nitrogens with zero attached hydrogens (tertiary/aromatic N) is 1. The number of anilines is 1. The quantitative estimate of drug-likeness (QED) is 0.689. The standard InChI is InChI=1S/C21H19N3O2S2/c22-14-16-8-9-18-17(11-16)13-20(28(25,26)21-7-4-10-27-21)19(24-23-18)12-15-5-2-1-3-6-15/h1-11,19-20,23-24H,12-13H2/t19-,20?/m1/s1. The van der Waals surface area contributed by atoms with Crippen LogP contribution in [0.5, 0.6) is 0 Å². The van der Waals surface area contributed by atoms with Gasteiger partial charge in [0.05, 0.1) is 22.6 Å². The molecule has 28 heavy (non-hydrogen) atoms. The zero-order chi connectivity index (χ0) is 19.6. The fraction of sp³-hybridized carbons (Fsp3) is 0.190. The number of nitrogens with one attached hydrogen (secondary N) is 2. The van der Waals surface area contributed by atoms with Crippen LogP contribution >= 0.6 is 11.3 Å². The number of rotatable bonds is 4. The molecule has 1 aromatic heterocycles. The molecular formula is C21H19N3O2S2. The molecule has 0 spiro atoms. The monoisotopic (exact) mass is 409 g/mol. The topological polar surface area (TPSA) is 82.0 Å². The summed E-state index contributed by atoms with van der Waals surface area (Å²) >= 11 is 1.24. The summed E-state index contributed by atoms with van der Waals surface area (Å²) in [4.78, 5) is 0. The van der Waals surface area contributed by atoms with E-state index < -0.39 is 15.1 Å². The maximum atomic E-state index is 13.4. The van der Waals surface area contributed by atoms with E-state index in [0.29, 0.717) is 22.6 Å². The third-order valence-electron chi connectivity index (χ3n) is 4.97. The number of fused-ring (bicyclic) bond motifs is 1. The molecule has 0 bridgehead atoms. The molecule has 1 unspecified atom stereocenters. The van der Waals surface area contributed by atoms with Crippen LogP contribution in [0.1, 0.15) is 16.7 Å². The van der Waals surface area contributed by atoms with Gasteiger partial charge in [0.15, 0.2) is 9.84 Å². The van der Waals surface area contributed by atoms with Gasteiger partial charge >= 0.3 is 0 Å². The number of thiophene rings is 1. The van der Waals surface area contributed by atoms with Crippen LogP contribution in [0.15, 0.2) is 70.3 Å². The molecule has 2 N–H and O–H groups in total. The molecule has 0 fully saturated rings. The van der Waals surface area contributed by atoms with Crippen molar-refractivity contribution in [1.29, 1.82) is 5.26 Å². The first-order chi connectivity index (χ1) is 13.6. The average molecular weight is 410 g/mol. The van der Waals surface area contributed by atoms with Gasteiger partial charge in [-0.15, -0.1) is 11.3 Å². The Morgan fingerprint density at radius 2 is 1.93 bits per heavy atom. The van der Waals surface area contributed by atoms with Gasteiger partial charge in [0, 0.05) is 6.04 Å². The van der Waals surface area contributed by atoms with E-state index in [4.69, 9.17) is 0 Å². The van der Waals surface area contributed by atoms with Gasteiger partial charge in [-0.05, 0) is 53.6 Å². The number of sulfone groups is 1. The zero-order valence-corrected chi connectivity index (χ0v) is 16.6. The van der Waals surface area contributed by atoms with E-state index in [2.05, 4.69) is 16.9 Å². The van der Waals surface area contributed by atoms with Crippen LogP contribution in [0, 0.1) is 11.3 Å². The number of benzene rings is 2. The van der Waals surface area contributed by atoms with E-state index in [1.807, 2.05) is 36.4 Å². The average Bonchev–Trinajstić information content (AvgIpc) is 3.20. The summed E-state index contributed by atoms with van der Waals surface area (Å²) in [6, 6.07) is 20.4. The van der Waals surface area contributed by atoms with Crippen molar-refractivity contribution in [1.82, 2.24) is 5.43 Å². The van der Waals surface area contributed by atoms with Gasteiger partial charge in [-0.25, -0.2) is 13.8 Å². The summed E-state index contributed by atoms with van der Waals surface area (Å²) in [5, 5.41) is 10.4. The molecule has 1 aliphatic heterocycles. The number of hydrogen-bond donors (Lipinski definition) is 2. The number of hydrazine groups is 1. The van der Waals surface area contributed by atoms with E-state index in [1.165, 1.54) is 11.3 Å². The highest BCUT2D eigenvalue weighted by Gasteiger charge is 2.37. The van der Waals surface area contributed by atoms with Crippen LogP contribution in [0.3, 0.4) is 0 Å². The van der Waals surface area contributed by atoms with Gasteiger partial charge in [0.25, 0.3) is 0 Å². The Morgan fingerprint density at radius 1 is 1.11 bits per heavy atom. The molecule has 1 aliphatic rings. The molecule has 4 rings (SSSR count). The SMILES string of the molecule is N#Cc1ccc2c(c1)CC(S(=O)(=O)c1cccs1)[C@@H](Cc1ccccc1)NN2. The zero-order valence-electron chi connectivity index (χ0n) is 15.0. The highest BCUT2D eigenvalue weighted by atomic mass is 32.2. The lowest BCUT2D eigenvalue weighted by Crippen LogP contribution is -2.47. The summed E-state index contributed by atoms with van der Waals surface area (Å²) in [5.41, 5.74) is 9.63. The molecule has 0 aliphatic carbocycles. The van der Waals surface area contributed by atoms with Crippen molar-refractivity contribution in [2.75, 3.05) is 5.43 Å². The molecule has 0 radical (unpaired) electrons. The molecule has 0 amide bonds. The first-order valence-electron chi connectivity index (χ1n) is 8.94. The molecule has 0 saturated heterocycles. The summed E-state index contributed by atoms with van der Waals surface area (Å²) in [7, 11) is -3.54. The smallest absolute Gasteiger partial charge is 0.192 e. The molecule has 0 saturated carbocycles. The van der Waals surface area contributed by atoms with Gasteiger partial charge in [0.1, 0.15) is 4.21 Å². The summed E-state index contributed by atoms with van der Waals surface area (Å²) in [6.07, 6.45) is 0.908. The van der Waals surface area contributed by atoms with E-state index in [9.17, 15) is 13.7 Å². The maximum Gasteiger partial charge on any atom is 0.192 e. The largest absolute Gasteiger partial charge is 0.321 e. The van der Waals surface area contributed by atoms with Crippen molar-refractivity contribution >= 4 is 26.9 Å². The van der Waals surface area contributed by atoms with E-state index in [1.54, 1.807) is 29.6 Å². The van der Waals surface area contributed by atoms with E-state index in [-0.39, 0.29) is 6.04 Å². The van der Waals surface area contributed by atoms with Crippen molar-refractivity contribution in [3.8, 4) is 6.07 Å². The third-order valence-corrected chi connectivity index (χ3v) is 8.61. The Kier molecular flexibility index (Phi) is 5.18. The van der Waals surface area contributed by atoms with E-state index in [0.717, 1.165) is 16.8 Å². The maximum absolute atomic E-state index is 13.4. The van der Waals surface area contributed by atoms with Crippen molar-refractivity contribution in [3.05, 3.63) is 82.7 Å². The van der Waals surface area contributed by atoms with E-state index >= 15 is 0 Å². The van der Waals surface area contributed by atoms with Crippen LogP contribution in [0.2, 0.25) is 0 Å². The molecule has 2 heterocycles. The fourth-order valence-electron chi connectivity index (χ4n) is 3.53. The lowest BCUT2D eigenvalue weighted by atomic mass is 9.98. The highest BCUT2D eigenvalue weighted by molar-refractivity contribution is 7.94. The Morgan fingerprint density at radius 3 is 2.64 bits per heavy atom. The van der Waals surface area contributed by atoms with Gasteiger partial charge in [-0.1, -0.05) is 36.4 Å². The lowest BCUT2D eigenvalue weighted by molar-refractivity contribution is 0.502. The molecule has 5 nitrogen and oxygen atoms in total. The molecule has 2 aromatic carbocycles. The van der Waals surface area contributed by atoms with Crippen molar-refractivity contribution < 1.29 is 8.42 Å². The summed E-state index contributed by atoms with van der Waals surface area (Å²) in [5.74, 6) is 0. The number of hydrogen-bond acceptors (Lipinski definition) is 6. The highest BCUT2D eigenvalue weighted by Crippen LogP contribution is 2.31. The van der Waals surface area contributed by atoms with Gasteiger partial charge < -0.3 is 5.43 Å².